The van der Waals surface area contributed by atoms with Gasteiger partial charge in [-0.05, 0) is 17.7 Å². The molecule has 0 amide bonds. The second kappa shape index (κ2) is 4.82. The van der Waals surface area contributed by atoms with Crippen molar-refractivity contribution in [2.45, 2.75) is 13.0 Å². The first-order chi connectivity index (χ1) is 7.42. The monoisotopic (exact) mass is 237 g/mol. The molecule has 0 aliphatic rings. The number of rotatable bonds is 4. The maximum absolute atomic E-state index is 12.9. The van der Waals surface area contributed by atoms with E-state index >= 15 is 0 Å². The summed E-state index contributed by atoms with van der Waals surface area (Å²) in [6.45, 7) is 0.784. The minimum absolute atomic E-state index is 0.156. The maximum atomic E-state index is 12.9. The first kappa shape index (κ1) is 12.3. The lowest BCUT2D eigenvalue weighted by molar-refractivity contribution is -0.275. The van der Waals surface area contributed by atoms with E-state index in [1.54, 1.807) is 0 Å². The summed E-state index contributed by atoms with van der Waals surface area (Å²) in [6.07, 6.45) is -4.98. The Bertz CT molecular complexity index is 376. The Morgan fingerprint density at radius 3 is 2.56 bits per heavy atom. The Morgan fingerprint density at radius 1 is 1.31 bits per heavy atom. The molecular formula is C9H5F4O3. The molecule has 0 saturated carbocycles. The zero-order valence-corrected chi connectivity index (χ0v) is 7.68. The standard InChI is InChI=1S/C9H5F4O3/c10-7-2-1-6(4-15-5-14)3-8(7)16-9(11,12)13/h1-3H,4H2. The molecule has 0 unspecified atom stereocenters. The number of ether oxygens (including phenoxy) is 2. The van der Waals surface area contributed by atoms with Crippen molar-refractivity contribution in [3.8, 4) is 5.75 Å². The average Bonchev–Trinajstić information content (AvgIpc) is 2.17. The van der Waals surface area contributed by atoms with Gasteiger partial charge in [-0.1, -0.05) is 6.07 Å². The minimum atomic E-state index is -4.98. The van der Waals surface area contributed by atoms with E-state index in [2.05, 4.69) is 9.47 Å². The fourth-order valence-electron chi connectivity index (χ4n) is 0.953. The van der Waals surface area contributed by atoms with Crippen molar-refractivity contribution in [3.63, 3.8) is 0 Å². The van der Waals surface area contributed by atoms with E-state index in [1.807, 2.05) is 0 Å². The molecule has 0 aliphatic carbocycles. The van der Waals surface area contributed by atoms with Crippen molar-refractivity contribution >= 4 is 6.47 Å². The summed E-state index contributed by atoms with van der Waals surface area (Å²) >= 11 is 0. The van der Waals surface area contributed by atoms with Gasteiger partial charge in [0.1, 0.15) is 6.61 Å². The quantitative estimate of drug-likeness (QED) is 0.754. The van der Waals surface area contributed by atoms with Crippen LogP contribution in [0.25, 0.3) is 0 Å². The molecule has 0 N–H and O–H groups in total. The molecule has 0 bridgehead atoms. The smallest absolute Gasteiger partial charge is 0.452 e. The van der Waals surface area contributed by atoms with E-state index in [0.29, 0.717) is 0 Å². The summed E-state index contributed by atoms with van der Waals surface area (Å²) in [6, 6.07) is 2.74. The average molecular weight is 237 g/mol. The molecule has 0 heterocycles. The lowest BCUT2D eigenvalue weighted by atomic mass is 10.2. The van der Waals surface area contributed by atoms with E-state index in [4.69, 9.17) is 0 Å². The van der Waals surface area contributed by atoms with Gasteiger partial charge in [-0.25, -0.2) is 9.18 Å². The number of hydrogen-bond donors (Lipinski definition) is 0. The topological polar surface area (TPSA) is 35.5 Å². The number of benzene rings is 1. The lowest BCUT2D eigenvalue weighted by Gasteiger charge is -2.10. The van der Waals surface area contributed by atoms with Gasteiger partial charge in [0, 0.05) is 0 Å². The summed E-state index contributed by atoms with van der Waals surface area (Å²) in [4.78, 5) is 9.73. The molecule has 7 heteroatoms. The van der Waals surface area contributed by atoms with Crippen LogP contribution in [0.1, 0.15) is 5.56 Å². The Balaban J connectivity index is 2.86. The zero-order chi connectivity index (χ0) is 12.2. The van der Waals surface area contributed by atoms with Crippen molar-refractivity contribution in [3.05, 3.63) is 29.6 Å². The van der Waals surface area contributed by atoms with Crippen LogP contribution in [0.5, 0.6) is 5.75 Å². The molecule has 3 nitrogen and oxygen atoms in total. The molecular weight excluding hydrogens is 232 g/mol. The molecule has 0 aromatic heterocycles. The van der Waals surface area contributed by atoms with Gasteiger partial charge in [-0.2, -0.15) is 0 Å². The van der Waals surface area contributed by atoms with E-state index < -0.39 is 17.9 Å². The van der Waals surface area contributed by atoms with Gasteiger partial charge in [0.2, 0.25) is 0 Å². The highest BCUT2D eigenvalue weighted by Crippen LogP contribution is 2.26. The van der Waals surface area contributed by atoms with Crippen molar-refractivity contribution in [1.82, 2.24) is 0 Å². The Kier molecular flexibility index (Phi) is 3.70. The highest BCUT2D eigenvalue weighted by atomic mass is 19.4. The summed E-state index contributed by atoms with van der Waals surface area (Å²) in [7, 11) is 0. The van der Waals surface area contributed by atoms with Gasteiger partial charge in [-0.3, -0.25) is 0 Å². The van der Waals surface area contributed by atoms with E-state index in [-0.39, 0.29) is 12.2 Å². The molecule has 0 fully saturated rings. The van der Waals surface area contributed by atoms with E-state index in [1.165, 1.54) is 0 Å². The van der Waals surface area contributed by atoms with Gasteiger partial charge >= 0.3 is 12.8 Å². The number of halogens is 4. The molecule has 87 valence electrons. The van der Waals surface area contributed by atoms with Crippen molar-refractivity contribution in [2.24, 2.45) is 0 Å². The maximum Gasteiger partial charge on any atom is 0.573 e. The van der Waals surface area contributed by atoms with Crippen LogP contribution in [0.2, 0.25) is 0 Å². The molecule has 0 saturated heterocycles. The molecule has 1 aromatic rings. The predicted octanol–water partition coefficient (Wildman–Crippen LogP) is 2.31. The van der Waals surface area contributed by atoms with Crippen LogP contribution in [0.15, 0.2) is 18.2 Å². The fraction of sp³-hybridized carbons (Fsp3) is 0.222. The van der Waals surface area contributed by atoms with E-state index in [9.17, 15) is 22.4 Å². The number of carbonyl (C=O) groups excluding carboxylic acids is 1. The fourth-order valence-corrected chi connectivity index (χ4v) is 0.953. The highest BCUT2D eigenvalue weighted by molar-refractivity contribution is 5.39. The molecule has 16 heavy (non-hydrogen) atoms. The summed E-state index contributed by atoms with van der Waals surface area (Å²) in [5.41, 5.74) is 0.156. The van der Waals surface area contributed by atoms with Crippen molar-refractivity contribution in [2.75, 3.05) is 0 Å². The van der Waals surface area contributed by atoms with E-state index in [0.717, 1.165) is 24.7 Å². The first-order valence-electron chi connectivity index (χ1n) is 3.95. The SMILES string of the molecule is O=[C]OCc1ccc(F)c(OC(F)(F)F)c1. The van der Waals surface area contributed by atoms with Crippen LogP contribution in [0.3, 0.4) is 0 Å². The number of hydrogen-bond acceptors (Lipinski definition) is 3. The lowest BCUT2D eigenvalue weighted by Crippen LogP contribution is -2.18. The van der Waals surface area contributed by atoms with Crippen LogP contribution in [0.4, 0.5) is 17.6 Å². The third-order valence-corrected chi connectivity index (χ3v) is 1.52. The first-order valence-corrected chi connectivity index (χ1v) is 3.95. The van der Waals surface area contributed by atoms with Crippen LogP contribution in [-0.2, 0) is 16.1 Å². The Morgan fingerprint density at radius 2 is 2.00 bits per heavy atom. The molecule has 1 rings (SSSR count). The molecule has 0 spiro atoms. The van der Waals surface area contributed by atoms with Gasteiger partial charge in [0.15, 0.2) is 11.6 Å². The van der Waals surface area contributed by atoms with Crippen molar-refractivity contribution in [1.29, 1.82) is 0 Å². The Hall–Kier alpha value is -1.79. The third kappa shape index (κ3) is 3.76. The minimum Gasteiger partial charge on any atom is -0.452 e. The zero-order valence-electron chi connectivity index (χ0n) is 7.68. The van der Waals surface area contributed by atoms with Gasteiger partial charge in [-0.15, -0.1) is 13.2 Å². The second-order valence-corrected chi connectivity index (χ2v) is 2.68. The third-order valence-electron chi connectivity index (χ3n) is 1.52. The van der Waals surface area contributed by atoms with Crippen molar-refractivity contribution < 1.29 is 31.8 Å². The van der Waals surface area contributed by atoms with Gasteiger partial charge in [0.05, 0.1) is 0 Å². The van der Waals surface area contributed by atoms with Gasteiger partial charge < -0.3 is 9.47 Å². The summed E-state index contributed by atoms with van der Waals surface area (Å²) in [5.74, 6) is -2.13. The van der Waals surface area contributed by atoms with Crippen LogP contribution in [0, 0.1) is 5.82 Å². The molecule has 0 aliphatic heterocycles. The summed E-state index contributed by atoms with van der Waals surface area (Å²) in [5, 5.41) is 0. The number of alkyl halides is 3. The van der Waals surface area contributed by atoms with Crippen LogP contribution >= 0.6 is 0 Å². The normalized spacial score (nSPS) is 11.0. The Labute approximate surface area is 87.6 Å². The second-order valence-electron chi connectivity index (χ2n) is 2.68. The van der Waals surface area contributed by atoms with Crippen LogP contribution in [-0.4, -0.2) is 12.8 Å². The molecule has 1 radical (unpaired) electrons. The van der Waals surface area contributed by atoms with Gasteiger partial charge in [0.25, 0.3) is 0 Å². The van der Waals surface area contributed by atoms with Crippen LogP contribution < -0.4 is 4.74 Å². The molecule has 1 aromatic carbocycles. The summed E-state index contributed by atoms with van der Waals surface area (Å²) < 4.78 is 56.0. The predicted molar refractivity (Wildman–Crippen MR) is 43.6 cm³/mol. The highest BCUT2D eigenvalue weighted by Gasteiger charge is 2.32. The molecule has 0 atom stereocenters. The largest absolute Gasteiger partial charge is 0.573 e.